The molecule has 1 N–H and O–H groups in total. The highest BCUT2D eigenvalue weighted by Crippen LogP contribution is 2.41. The lowest BCUT2D eigenvalue weighted by atomic mass is 9.81. The summed E-state index contributed by atoms with van der Waals surface area (Å²) in [6.07, 6.45) is 3.59. The van der Waals surface area contributed by atoms with E-state index in [1.165, 1.54) is 6.42 Å². The van der Waals surface area contributed by atoms with Crippen molar-refractivity contribution in [2.75, 3.05) is 13.1 Å². The Balaban J connectivity index is 1.92. The van der Waals surface area contributed by atoms with E-state index in [1.54, 1.807) is 18.2 Å². The van der Waals surface area contributed by atoms with Crippen LogP contribution in [0.5, 0.6) is 0 Å². The first-order chi connectivity index (χ1) is 8.60. The van der Waals surface area contributed by atoms with Crippen LogP contribution in [0.4, 0.5) is 4.39 Å². The summed E-state index contributed by atoms with van der Waals surface area (Å²) in [5.74, 6) is -0.313. The van der Waals surface area contributed by atoms with Crippen molar-refractivity contribution >= 4 is 15.9 Å². The van der Waals surface area contributed by atoms with E-state index in [4.69, 9.17) is 0 Å². The minimum absolute atomic E-state index is 0.313. The van der Waals surface area contributed by atoms with Crippen molar-refractivity contribution in [1.29, 1.82) is 0 Å². The van der Waals surface area contributed by atoms with Crippen LogP contribution in [0.3, 0.4) is 0 Å². The van der Waals surface area contributed by atoms with Crippen LogP contribution in [0.2, 0.25) is 0 Å². The summed E-state index contributed by atoms with van der Waals surface area (Å²) in [4.78, 5) is 2.42. The molecule has 2 aliphatic rings. The van der Waals surface area contributed by atoms with Crippen molar-refractivity contribution in [2.45, 2.75) is 37.3 Å². The van der Waals surface area contributed by atoms with Gasteiger partial charge in [0, 0.05) is 18.2 Å². The van der Waals surface area contributed by atoms with E-state index >= 15 is 0 Å². The minimum atomic E-state index is -1.00. The van der Waals surface area contributed by atoms with Crippen molar-refractivity contribution in [3.63, 3.8) is 0 Å². The Morgan fingerprint density at radius 2 is 2.22 bits per heavy atom. The molecular formula is C14H17BrFNO. The molecule has 1 aromatic rings. The molecule has 2 saturated heterocycles. The van der Waals surface area contributed by atoms with E-state index < -0.39 is 5.60 Å². The van der Waals surface area contributed by atoms with Crippen LogP contribution in [-0.2, 0) is 5.60 Å². The predicted octanol–water partition coefficient (Wildman–Crippen LogP) is 3.03. The largest absolute Gasteiger partial charge is 0.385 e. The molecule has 0 bridgehead atoms. The Morgan fingerprint density at radius 1 is 1.39 bits per heavy atom. The molecule has 2 fully saturated rings. The second-order valence-corrected chi connectivity index (χ2v) is 6.27. The van der Waals surface area contributed by atoms with Crippen molar-refractivity contribution in [2.24, 2.45) is 0 Å². The van der Waals surface area contributed by atoms with Crippen LogP contribution in [0.1, 0.15) is 31.2 Å². The van der Waals surface area contributed by atoms with E-state index in [-0.39, 0.29) is 5.82 Å². The molecule has 0 radical (unpaired) electrons. The van der Waals surface area contributed by atoms with Gasteiger partial charge in [-0.05, 0) is 54.2 Å². The number of rotatable bonds is 1. The molecule has 2 unspecified atom stereocenters. The zero-order valence-electron chi connectivity index (χ0n) is 10.2. The highest BCUT2D eigenvalue weighted by Gasteiger charge is 2.42. The van der Waals surface area contributed by atoms with Crippen molar-refractivity contribution in [3.8, 4) is 0 Å². The fourth-order valence-electron chi connectivity index (χ4n) is 3.35. The molecule has 0 aromatic heterocycles. The van der Waals surface area contributed by atoms with Gasteiger partial charge in [-0.15, -0.1) is 0 Å². The van der Waals surface area contributed by atoms with Gasteiger partial charge in [0.15, 0.2) is 0 Å². The third-order valence-corrected chi connectivity index (χ3v) is 4.95. The maximum absolute atomic E-state index is 14.2. The number of hydrogen-bond acceptors (Lipinski definition) is 2. The highest BCUT2D eigenvalue weighted by molar-refractivity contribution is 9.10. The molecule has 1 aromatic carbocycles. The van der Waals surface area contributed by atoms with Crippen molar-refractivity contribution < 1.29 is 9.50 Å². The summed E-state index contributed by atoms with van der Waals surface area (Å²) in [6.45, 7) is 1.99. The van der Waals surface area contributed by atoms with Crippen LogP contribution in [0.15, 0.2) is 22.7 Å². The molecule has 3 rings (SSSR count). The normalized spacial score (nSPS) is 32.5. The van der Waals surface area contributed by atoms with Gasteiger partial charge in [-0.25, -0.2) is 4.39 Å². The van der Waals surface area contributed by atoms with Crippen LogP contribution < -0.4 is 0 Å². The van der Waals surface area contributed by atoms with Gasteiger partial charge in [0.25, 0.3) is 0 Å². The molecule has 98 valence electrons. The number of hydrogen-bond donors (Lipinski definition) is 1. The van der Waals surface area contributed by atoms with E-state index in [0.717, 1.165) is 19.5 Å². The van der Waals surface area contributed by atoms with Gasteiger partial charge >= 0.3 is 0 Å². The maximum Gasteiger partial charge on any atom is 0.143 e. The number of benzene rings is 1. The molecule has 4 heteroatoms. The third-order valence-electron chi connectivity index (χ3n) is 4.34. The lowest BCUT2D eigenvalue weighted by molar-refractivity contribution is -0.0433. The predicted molar refractivity (Wildman–Crippen MR) is 71.8 cm³/mol. The second-order valence-electron chi connectivity index (χ2n) is 5.42. The SMILES string of the molecule is OC1(c2cccc(Br)c2F)CCN2CCCC2C1. The zero-order chi connectivity index (χ0) is 12.8. The van der Waals surface area contributed by atoms with E-state index in [0.29, 0.717) is 28.9 Å². The summed E-state index contributed by atoms with van der Waals surface area (Å²) in [7, 11) is 0. The van der Waals surface area contributed by atoms with E-state index in [1.807, 2.05) is 0 Å². The maximum atomic E-state index is 14.2. The summed E-state index contributed by atoms with van der Waals surface area (Å²) in [6, 6.07) is 5.60. The molecule has 2 heterocycles. The van der Waals surface area contributed by atoms with Crippen LogP contribution in [0.25, 0.3) is 0 Å². The summed E-state index contributed by atoms with van der Waals surface area (Å²) in [5.41, 5.74) is -0.553. The molecule has 0 spiro atoms. The van der Waals surface area contributed by atoms with Gasteiger partial charge in [0.05, 0.1) is 10.1 Å². The third kappa shape index (κ3) is 2.00. The lowest BCUT2D eigenvalue weighted by Crippen LogP contribution is -2.46. The van der Waals surface area contributed by atoms with Gasteiger partial charge in [-0.1, -0.05) is 12.1 Å². The topological polar surface area (TPSA) is 23.5 Å². The van der Waals surface area contributed by atoms with E-state index in [2.05, 4.69) is 20.8 Å². The standard InChI is InChI=1S/C14H17BrFNO/c15-12-5-1-4-11(13(12)16)14(18)6-8-17-7-2-3-10(17)9-14/h1,4-5,10,18H,2-3,6-9H2. The Kier molecular flexibility index (Phi) is 3.20. The molecule has 2 aliphatic heterocycles. The Hall–Kier alpha value is -0.450. The Bertz CT molecular complexity index is 467. The number of halogens is 2. The molecule has 18 heavy (non-hydrogen) atoms. The minimum Gasteiger partial charge on any atom is -0.385 e. The number of fused-ring (bicyclic) bond motifs is 1. The first-order valence-electron chi connectivity index (χ1n) is 6.51. The first-order valence-corrected chi connectivity index (χ1v) is 7.30. The molecular weight excluding hydrogens is 297 g/mol. The van der Waals surface area contributed by atoms with Gasteiger partial charge in [0.2, 0.25) is 0 Å². The molecule has 0 saturated carbocycles. The van der Waals surface area contributed by atoms with Gasteiger partial charge < -0.3 is 10.0 Å². The Labute approximate surface area is 115 Å². The second kappa shape index (κ2) is 4.58. The number of nitrogens with zero attached hydrogens (tertiary/aromatic N) is 1. The quantitative estimate of drug-likeness (QED) is 0.861. The van der Waals surface area contributed by atoms with Gasteiger partial charge in [-0.2, -0.15) is 0 Å². The monoisotopic (exact) mass is 313 g/mol. The van der Waals surface area contributed by atoms with Crippen molar-refractivity contribution in [3.05, 3.63) is 34.1 Å². The highest BCUT2D eigenvalue weighted by atomic mass is 79.9. The van der Waals surface area contributed by atoms with E-state index in [9.17, 15) is 9.50 Å². The molecule has 0 aliphatic carbocycles. The zero-order valence-corrected chi connectivity index (χ0v) is 11.8. The van der Waals surface area contributed by atoms with Gasteiger partial charge in [-0.3, -0.25) is 0 Å². The summed E-state index contributed by atoms with van der Waals surface area (Å²) in [5, 5.41) is 10.8. The average Bonchev–Trinajstić information content (AvgIpc) is 2.79. The number of piperidine rings is 1. The fourth-order valence-corrected chi connectivity index (χ4v) is 3.72. The smallest absolute Gasteiger partial charge is 0.143 e. The lowest BCUT2D eigenvalue weighted by Gasteiger charge is -2.41. The first kappa shape index (κ1) is 12.6. The average molecular weight is 314 g/mol. The van der Waals surface area contributed by atoms with Crippen LogP contribution >= 0.6 is 15.9 Å². The summed E-state index contributed by atoms with van der Waals surface area (Å²) >= 11 is 3.20. The van der Waals surface area contributed by atoms with Crippen LogP contribution in [0, 0.1) is 5.82 Å². The molecule has 2 nitrogen and oxygen atoms in total. The Morgan fingerprint density at radius 3 is 3.06 bits per heavy atom. The fraction of sp³-hybridized carbons (Fsp3) is 0.571. The molecule has 2 atom stereocenters. The molecule has 0 amide bonds. The van der Waals surface area contributed by atoms with Crippen molar-refractivity contribution in [1.82, 2.24) is 4.90 Å². The van der Waals surface area contributed by atoms with Gasteiger partial charge in [0.1, 0.15) is 5.82 Å². The number of aliphatic hydroxyl groups is 1. The summed E-state index contributed by atoms with van der Waals surface area (Å²) < 4.78 is 14.6. The van der Waals surface area contributed by atoms with Crippen LogP contribution in [-0.4, -0.2) is 29.1 Å².